The number of benzene rings is 8. The first-order chi connectivity index (χ1) is 23.8. The summed E-state index contributed by atoms with van der Waals surface area (Å²) in [4.78, 5) is 2.30. The maximum atomic E-state index is 2.45. The second kappa shape index (κ2) is 11.6. The van der Waals surface area contributed by atoms with Gasteiger partial charge in [0, 0.05) is 17.1 Å². The maximum absolute atomic E-state index is 2.45. The summed E-state index contributed by atoms with van der Waals surface area (Å²) in [6.45, 7) is 0. The van der Waals surface area contributed by atoms with Crippen molar-refractivity contribution in [2.45, 2.75) is 5.41 Å². The summed E-state index contributed by atoms with van der Waals surface area (Å²) in [5.41, 5.74) is 13.3. The average Bonchev–Trinajstić information content (AvgIpc) is 3.45. The van der Waals surface area contributed by atoms with E-state index in [0.717, 1.165) is 17.1 Å². The third-order valence-electron chi connectivity index (χ3n) is 9.90. The number of para-hydroxylation sites is 2. The Labute approximate surface area is 282 Å². The van der Waals surface area contributed by atoms with Crippen LogP contribution in [0.1, 0.15) is 22.3 Å². The summed E-state index contributed by atoms with van der Waals surface area (Å²) in [5.74, 6) is 0. The van der Waals surface area contributed by atoms with Crippen LogP contribution in [0.2, 0.25) is 0 Å². The fourth-order valence-electron chi connectivity index (χ4n) is 7.77. The molecule has 1 aliphatic rings. The van der Waals surface area contributed by atoms with E-state index in [1.165, 1.54) is 55.3 Å². The molecule has 0 saturated carbocycles. The van der Waals surface area contributed by atoms with Gasteiger partial charge < -0.3 is 4.90 Å². The van der Waals surface area contributed by atoms with Gasteiger partial charge in [-0.05, 0) is 110 Å². The summed E-state index contributed by atoms with van der Waals surface area (Å²) in [6, 6.07) is 72.8. The van der Waals surface area contributed by atoms with Crippen molar-refractivity contribution in [2.24, 2.45) is 0 Å². The lowest BCUT2D eigenvalue weighted by Crippen LogP contribution is -2.28. The molecule has 0 amide bonds. The first-order valence-electron chi connectivity index (χ1n) is 16.6. The molecule has 1 nitrogen and oxygen atoms in total. The summed E-state index contributed by atoms with van der Waals surface area (Å²) < 4.78 is 0. The van der Waals surface area contributed by atoms with E-state index in [2.05, 4.69) is 205 Å². The van der Waals surface area contributed by atoms with Gasteiger partial charge in [-0.1, -0.05) is 146 Å². The van der Waals surface area contributed by atoms with Crippen LogP contribution in [0.5, 0.6) is 0 Å². The Morgan fingerprint density at radius 1 is 0.312 bits per heavy atom. The molecule has 0 spiro atoms. The number of fused-ring (bicyclic) bond motifs is 4. The Morgan fingerprint density at radius 2 is 0.812 bits per heavy atom. The predicted molar refractivity (Wildman–Crippen MR) is 201 cm³/mol. The van der Waals surface area contributed by atoms with Crippen molar-refractivity contribution in [1.29, 1.82) is 0 Å². The van der Waals surface area contributed by atoms with Gasteiger partial charge in [0.25, 0.3) is 0 Å². The van der Waals surface area contributed by atoms with Crippen LogP contribution in [0.25, 0.3) is 33.0 Å². The van der Waals surface area contributed by atoms with Gasteiger partial charge in [0.2, 0.25) is 0 Å². The molecule has 8 aromatic rings. The van der Waals surface area contributed by atoms with E-state index >= 15 is 0 Å². The molecule has 0 bridgehead atoms. The largest absolute Gasteiger partial charge is 0.311 e. The minimum atomic E-state index is -0.404. The number of rotatable bonds is 6. The van der Waals surface area contributed by atoms with Crippen LogP contribution in [-0.4, -0.2) is 0 Å². The number of anilines is 3. The minimum absolute atomic E-state index is 0.404. The topological polar surface area (TPSA) is 3.24 Å². The lowest BCUT2D eigenvalue weighted by molar-refractivity contribution is 0.769. The van der Waals surface area contributed by atoms with Crippen LogP contribution in [0, 0.1) is 0 Å². The normalized spacial score (nSPS) is 12.8. The highest BCUT2D eigenvalue weighted by molar-refractivity contribution is 5.97. The molecule has 0 unspecified atom stereocenters. The maximum Gasteiger partial charge on any atom is 0.0713 e. The molecular weight excluding hydrogens is 579 g/mol. The smallest absolute Gasteiger partial charge is 0.0713 e. The Balaban J connectivity index is 1.18. The zero-order valence-electron chi connectivity index (χ0n) is 26.5. The van der Waals surface area contributed by atoms with Crippen molar-refractivity contribution >= 4 is 27.8 Å². The molecular formula is C47H33N. The molecule has 0 radical (unpaired) electrons. The molecule has 9 rings (SSSR count). The van der Waals surface area contributed by atoms with Gasteiger partial charge in [-0.25, -0.2) is 0 Å². The van der Waals surface area contributed by atoms with Crippen LogP contribution in [0.4, 0.5) is 17.1 Å². The average molecular weight is 612 g/mol. The van der Waals surface area contributed by atoms with Gasteiger partial charge in [-0.2, -0.15) is 0 Å². The van der Waals surface area contributed by atoms with Gasteiger partial charge in [0.05, 0.1) is 5.41 Å². The predicted octanol–water partition coefficient (Wildman–Crippen LogP) is 12.3. The van der Waals surface area contributed by atoms with Crippen molar-refractivity contribution in [1.82, 2.24) is 0 Å². The monoisotopic (exact) mass is 611 g/mol. The summed E-state index contributed by atoms with van der Waals surface area (Å²) in [7, 11) is 0. The summed E-state index contributed by atoms with van der Waals surface area (Å²) in [5, 5.41) is 2.50. The molecule has 48 heavy (non-hydrogen) atoms. The Kier molecular flexibility index (Phi) is 6.76. The lowest BCUT2D eigenvalue weighted by atomic mass is 9.67. The molecule has 0 aromatic heterocycles. The Morgan fingerprint density at radius 3 is 1.42 bits per heavy atom. The van der Waals surface area contributed by atoms with Gasteiger partial charge >= 0.3 is 0 Å². The van der Waals surface area contributed by atoms with E-state index in [1.54, 1.807) is 0 Å². The van der Waals surface area contributed by atoms with Crippen LogP contribution >= 0.6 is 0 Å². The highest BCUT2D eigenvalue weighted by Gasteiger charge is 2.46. The zero-order chi connectivity index (χ0) is 31.9. The molecule has 8 aromatic carbocycles. The Bertz CT molecular complexity index is 2280. The quantitative estimate of drug-likeness (QED) is 0.181. The van der Waals surface area contributed by atoms with Gasteiger partial charge in [-0.3, -0.25) is 0 Å². The third kappa shape index (κ3) is 4.47. The fourth-order valence-corrected chi connectivity index (χ4v) is 7.77. The zero-order valence-corrected chi connectivity index (χ0v) is 26.5. The summed E-state index contributed by atoms with van der Waals surface area (Å²) in [6.07, 6.45) is 0. The first-order valence-corrected chi connectivity index (χ1v) is 16.6. The molecule has 0 N–H and O–H groups in total. The van der Waals surface area contributed by atoms with Gasteiger partial charge in [0.15, 0.2) is 0 Å². The lowest BCUT2D eigenvalue weighted by Gasteiger charge is -2.34. The highest BCUT2D eigenvalue weighted by atomic mass is 15.1. The van der Waals surface area contributed by atoms with Gasteiger partial charge in [0.1, 0.15) is 0 Å². The molecule has 0 fully saturated rings. The molecule has 0 saturated heterocycles. The Hall–Kier alpha value is -6.18. The summed E-state index contributed by atoms with van der Waals surface area (Å²) >= 11 is 0. The number of nitrogens with zero attached hydrogens (tertiary/aromatic N) is 1. The van der Waals surface area contributed by atoms with E-state index in [9.17, 15) is 0 Å². The van der Waals surface area contributed by atoms with Crippen molar-refractivity contribution in [3.8, 4) is 22.3 Å². The van der Waals surface area contributed by atoms with E-state index in [4.69, 9.17) is 0 Å². The van der Waals surface area contributed by atoms with Crippen molar-refractivity contribution in [3.05, 3.63) is 222 Å². The fraction of sp³-hybridized carbons (Fsp3) is 0.0213. The van der Waals surface area contributed by atoms with Crippen molar-refractivity contribution < 1.29 is 0 Å². The first kappa shape index (κ1) is 28.1. The van der Waals surface area contributed by atoms with Crippen LogP contribution < -0.4 is 4.90 Å². The molecule has 1 aliphatic carbocycles. The second-order valence-corrected chi connectivity index (χ2v) is 12.5. The number of hydrogen-bond donors (Lipinski definition) is 0. The molecule has 0 heterocycles. The highest BCUT2D eigenvalue weighted by Crippen LogP contribution is 2.56. The molecule has 0 aliphatic heterocycles. The second-order valence-electron chi connectivity index (χ2n) is 12.5. The van der Waals surface area contributed by atoms with Crippen LogP contribution in [0.3, 0.4) is 0 Å². The minimum Gasteiger partial charge on any atom is -0.311 e. The van der Waals surface area contributed by atoms with E-state index in [-0.39, 0.29) is 0 Å². The van der Waals surface area contributed by atoms with E-state index < -0.39 is 5.41 Å². The standard InChI is InChI=1S/C47H33N/c1-5-15-38(16-6-1)47(39-17-7-2-8-18-39)45-24-14-13-23-43(45)44-32-36-26-25-35(31-37(36)33-46(44)47)34-27-29-42(30-28-34)48(40-19-9-3-10-20-40)41-21-11-4-12-22-41/h1-33H. The van der Waals surface area contributed by atoms with Gasteiger partial charge in [-0.15, -0.1) is 0 Å². The SMILES string of the molecule is c1ccc(N(c2ccccc2)c2ccc(-c3ccc4cc5c(cc4c3)C(c3ccccc3)(c3ccccc3)c3ccccc3-5)cc2)cc1. The van der Waals surface area contributed by atoms with Crippen LogP contribution in [0.15, 0.2) is 200 Å². The molecule has 0 atom stereocenters. The van der Waals surface area contributed by atoms with Crippen molar-refractivity contribution in [2.75, 3.05) is 4.90 Å². The number of hydrogen-bond acceptors (Lipinski definition) is 1. The molecule has 1 heteroatoms. The van der Waals surface area contributed by atoms with E-state index in [0.29, 0.717) is 0 Å². The van der Waals surface area contributed by atoms with Crippen LogP contribution in [-0.2, 0) is 5.41 Å². The molecule has 226 valence electrons. The van der Waals surface area contributed by atoms with Crippen molar-refractivity contribution in [3.63, 3.8) is 0 Å². The van der Waals surface area contributed by atoms with E-state index in [1.807, 2.05) is 0 Å². The third-order valence-corrected chi connectivity index (χ3v) is 9.90.